The summed E-state index contributed by atoms with van der Waals surface area (Å²) in [4.78, 5) is 52.2. The number of rotatable bonds is 1. The fraction of sp³-hybridized carbons (Fsp3) is 0.733. The zero-order valence-electron chi connectivity index (χ0n) is 22.3. The Balaban J connectivity index is 1.45. The van der Waals surface area contributed by atoms with Gasteiger partial charge in [-0.1, -0.05) is 32.4 Å². The molecule has 2 aliphatic heterocycles. The maximum atomic E-state index is 13.6. The third kappa shape index (κ3) is 4.41. The van der Waals surface area contributed by atoms with Gasteiger partial charge in [0.25, 0.3) is 0 Å². The van der Waals surface area contributed by atoms with Crippen molar-refractivity contribution in [1.82, 2.24) is 10.6 Å². The number of nitrogens with one attached hydrogen (secondary N) is 2. The second kappa shape index (κ2) is 10.1. The van der Waals surface area contributed by atoms with Crippen LogP contribution in [0.3, 0.4) is 0 Å². The molecule has 7 heteroatoms. The summed E-state index contributed by atoms with van der Waals surface area (Å²) in [6.07, 6.45) is 11.2. The topological polar surface area (TPSA) is 113 Å². The highest BCUT2D eigenvalue weighted by Gasteiger charge is 2.58. The van der Waals surface area contributed by atoms with Crippen LogP contribution in [0.2, 0.25) is 0 Å². The number of carbonyl (C=O) groups excluding carboxylic acids is 4. The second-order valence-electron chi connectivity index (χ2n) is 12.5. The molecule has 2 amide bonds. The molecule has 202 valence electrons. The lowest BCUT2D eigenvalue weighted by Gasteiger charge is -2.40. The second-order valence-corrected chi connectivity index (χ2v) is 12.5. The molecule has 0 aromatic carbocycles. The number of hydrogen-bond donors (Lipinski definition) is 3. The molecule has 2 heterocycles. The van der Waals surface area contributed by atoms with E-state index in [9.17, 15) is 24.3 Å². The first-order chi connectivity index (χ1) is 17.7. The molecule has 37 heavy (non-hydrogen) atoms. The molecule has 3 saturated carbocycles. The minimum atomic E-state index is -1.55. The Bertz CT molecular complexity index is 1020. The number of ketones is 2. The SMILES string of the molecule is CCC1CC2CC3C4C/C=C\C(=O)NCCCC5NC(=O)C(C)(C(=O)/C=C/C4CC(=O)[C@H]3C2C1C)C5O. The highest BCUT2D eigenvalue weighted by molar-refractivity contribution is 6.12. The van der Waals surface area contributed by atoms with Crippen molar-refractivity contribution in [2.75, 3.05) is 6.54 Å². The minimum Gasteiger partial charge on any atom is -0.389 e. The number of aliphatic hydroxyl groups is 1. The Morgan fingerprint density at radius 1 is 1.11 bits per heavy atom. The van der Waals surface area contributed by atoms with E-state index in [1.54, 1.807) is 6.08 Å². The summed E-state index contributed by atoms with van der Waals surface area (Å²) in [6, 6.07) is -0.535. The summed E-state index contributed by atoms with van der Waals surface area (Å²) in [6.45, 7) is 6.52. The van der Waals surface area contributed by atoms with Crippen molar-refractivity contribution in [2.24, 2.45) is 52.8 Å². The fourth-order valence-electron chi connectivity index (χ4n) is 8.72. The Morgan fingerprint density at radius 3 is 2.65 bits per heavy atom. The molecule has 0 spiro atoms. The Hall–Kier alpha value is -2.28. The van der Waals surface area contributed by atoms with Gasteiger partial charge in [0, 0.05) is 18.9 Å². The zero-order chi connectivity index (χ0) is 26.5. The molecule has 0 radical (unpaired) electrons. The predicted octanol–water partition coefficient (Wildman–Crippen LogP) is 2.97. The maximum Gasteiger partial charge on any atom is 0.243 e. The lowest BCUT2D eigenvalue weighted by atomic mass is 9.62. The third-order valence-electron chi connectivity index (χ3n) is 10.8. The number of hydrogen-bond acceptors (Lipinski definition) is 5. The van der Waals surface area contributed by atoms with Crippen LogP contribution in [0.1, 0.15) is 65.7 Å². The van der Waals surface area contributed by atoms with Crippen LogP contribution in [0.5, 0.6) is 0 Å². The van der Waals surface area contributed by atoms with Gasteiger partial charge in [0.15, 0.2) is 5.78 Å². The van der Waals surface area contributed by atoms with E-state index in [0.717, 1.165) is 12.8 Å². The molecule has 0 aromatic rings. The van der Waals surface area contributed by atoms with Gasteiger partial charge >= 0.3 is 0 Å². The van der Waals surface area contributed by atoms with Crippen molar-refractivity contribution < 1.29 is 24.3 Å². The van der Waals surface area contributed by atoms with Crippen molar-refractivity contribution >= 4 is 23.4 Å². The lowest BCUT2D eigenvalue weighted by molar-refractivity contribution is -0.140. The van der Waals surface area contributed by atoms with E-state index in [0.29, 0.717) is 61.7 Å². The molecule has 4 fully saturated rings. The number of amides is 2. The molecule has 3 N–H and O–H groups in total. The summed E-state index contributed by atoms with van der Waals surface area (Å²) in [5, 5.41) is 16.6. The van der Waals surface area contributed by atoms with E-state index in [1.165, 1.54) is 19.4 Å². The highest BCUT2D eigenvalue weighted by Crippen LogP contribution is 2.61. The average molecular weight is 511 g/mol. The van der Waals surface area contributed by atoms with Gasteiger partial charge in [-0.15, -0.1) is 0 Å². The van der Waals surface area contributed by atoms with Gasteiger partial charge in [0.1, 0.15) is 11.2 Å². The van der Waals surface area contributed by atoms with E-state index >= 15 is 0 Å². The summed E-state index contributed by atoms with van der Waals surface area (Å²) in [7, 11) is 0. The normalized spacial score (nSPS) is 48.0. The number of fused-ring (bicyclic) bond motifs is 7. The summed E-state index contributed by atoms with van der Waals surface area (Å²) < 4.78 is 0. The van der Waals surface area contributed by atoms with E-state index in [-0.39, 0.29) is 29.6 Å². The maximum absolute atomic E-state index is 13.6. The van der Waals surface area contributed by atoms with Crippen molar-refractivity contribution in [3.63, 3.8) is 0 Å². The summed E-state index contributed by atoms with van der Waals surface area (Å²) in [5.74, 6) is 1.86. The molecule has 2 bridgehead atoms. The first-order valence-corrected chi connectivity index (χ1v) is 14.4. The van der Waals surface area contributed by atoms with Crippen LogP contribution in [0.25, 0.3) is 0 Å². The van der Waals surface area contributed by atoms with Crippen LogP contribution in [0.15, 0.2) is 24.3 Å². The number of allylic oxidation sites excluding steroid dienone is 3. The Kier molecular flexibility index (Phi) is 7.20. The van der Waals surface area contributed by atoms with Crippen molar-refractivity contribution in [2.45, 2.75) is 77.9 Å². The van der Waals surface area contributed by atoms with Crippen molar-refractivity contribution in [3.05, 3.63) is 24.3 Å². The molecule has 3 aliphatic carbocycles. The first-order valence-electron chi connectivity index (χ1n) is 14.4. The van der Waals surface area contributed by atoms with Gasteiger partial charge in [0.2, 0.25) is 11.8 Å². The Labute approximate surface area is 219 Å². The van der Waals surface area contributed by atoms with Gasteiger partial charge in [-0.05, 0) is 92.6 Å². The molecule has 5 rings (SSSR count). The van der Waals surface area contributed by atoms with Gasteiger partial charge in [-0.2, -0.15) is 0 Å². The van der Waals surface area contributed by atoms with Gasteiger partial charge in [-0.3, -0.25) is 19.2 Å². The minimum absolute atomic E-state index is 0.0652. The fourth-order valence-corrected chi connectivity index (χ4v) is 8.72. The van der Waals surface area contributed by atoms with Crippen LogP contribution in [0, 0.1) is 52.8 Å². The largest absolute Gasteiger partial charge is 0.389 e. The van der Waals surface area contributed by atoms with Gasteiger partial charge < -0.3 is 15.7 Å². The average Bonchev–Trinajstić information content (AvgIpc) is 3.47. The molecular weight excluding hydrogens is 468 g/mol. The van der Waals surface area contributed by atoms with Crippen LogP contribution < -0.4 is 10.6 Å². The van der Waals surface area contributed by atoms with Crippen molar-refractivity contribution in [3.8, 4) is 0 Å². The molecular formula is C30H42N2O5. The highest BCUT2D eigenvalue weighted by atomic mass is 16.3. The van der Waals surface area contributed by atoms with Crippen LogP contribution >= 0.6 is 0 Å². The molecule has 0 aromatic heterocycles. The first kappa shape index (κ1) is 26.3. The van der Waals surface area contributed by atoms with E-state index in [2.05, 4.69) is 24.5 Å². The predicted molar refractivity (Wildman–Crippen MR) is 139 cm³/mol. The molecule has 7 nitrogen and oxygen atoms in total. The smallest absolute Gasteiger partial charge is 0.243 e. The van der Waals surface area contributed by atoms with Crippen LogP contribution in [0.4, 0.5) is 0 Å². The van der Waals surface area contributed by atoms with Gasteiger partial charge in [-0.25, -0.2) is 0 Å². The summed E-state index contributed by atoms with van der Waals surface area (Å²) in [5.41, 5.74) is -1.55. The standard InChI is InChI=1S/C30H42N2O5/c1-4-17-13-19-14-21-20-7-5-9-25(35)31-12-6-8-22-28(36)30(3,29(37)32-22)24(34)11-10-18(20)15-23(33)27(21)26(19)16(17)2/h5,9-11,16-22,26-28,36H,4,6-8,12-15H2,1-3H3,(H,31,35)(H,32,37)/b9-5-,11-10+/t16?,17?,18?,19?,20?,21?,22?,26?,27-,28?,30?/m0/s1. The number of carbonyl (C=O) groups is 4. The quantitative estimate of drug-likeness (QED) is 0.470. The monoisotopic (exact) mass is 510 g/mol. The summed E-state index contributed by atoms with van der Waals surface area (Å²) >= 11 is 0. The van der Waals surface area contributed by atoms with E-state index in [4.69, 9.17) is 0 Å². The molecule has 11 atom stereocenters. The lowest BCUT2D eigenvalue weighted by Crippen LogP contribution is -2.43. The van der Waals surface area contributed by atoms with E-state index < -0.39 is 29.3 Å². The van der Waals surface area contributed by atoms with Crippen molar-refractivity contribution in [1.29, 1.82) is 0 Å². The molecule has 1 saturated heterocycles. The third-order valence-corrected chi connectivity index (χ3v) is 10.8. The molecule has 10 unspecified atom stereocenters. The van der Waals surface area contributed by atoms with Crippen LogP contribution in [-0.2, 0) is 19.2 Å². The molecule has 5 aliphatic rings. The van der Waals surface area contributed by atoms with Gasteiger partial charge in [0.05, 0.1) is 12.1 Å². The van der Waals surface area contributed by atoms with E-state index in [1.807, 2.05) is 12.2 Å². The zero-order valence-corrected chi connectivity index (χ0v) is 22.3. The number of Topliss-reactive ketones (excluding diaryl/α,β-unsaturated/α-hetero) is 1. The number of aliphatic hydroxyl groups excluding tert-OH is 1. The Morgan fingerprint density at radius 2 is 1.89 bits per heavy atom. The van der Waals surface area contributed by atoms with Crippen LogP contribution in [-0.4, -0.2) is 47.2 Å².